The standard InChI is InChI=1S/C19H14ClNO4S/c1-11(22)21-13-8-6-12(7-9-13)15(23)10-25-19(24)18-17(20)14-4-2-3-5-16(14)26-18/h2-9H,10H2,1H3,(H,21,22). The van der Waals surface area contributed by atoms with Crippen LogP contribution in [-0.4, -0.2) is 24.3 Å². The van der Waals surface area contributed by atoms with Crippen LogP contribution in [-0.2, 0) is 9.53 Å². The van der Waals surface area contributed by atoms with Gasteiger partial charge in [0.1, 0.15) is 4.88 Å². The van der Waals surface area contributed by atoms with Gasteiger partial charge in [-0.15, -0.1) is 11.3 Å². The number of benzene rings is 2. The van der Waals surface area contributed by atoms with Crippen LogP contribution < -0.4 is 5.32 Å². The van der Waals surface area contributed by atoms with Crippen molar-refractivity contribution in [3.8, 4) is 0 Å². The number of carbonyl (C=O) groups excluding carboxylic acids is 3. The maximum atomic E-state index is 12.3. The first-order valence-corrected chi connectivity index (χ1v) is 8.90. The number of hydrogen-bond donors (Lipinski definition) is 1. The molecule has 5 nitrogen and oxygen atoms in total. The first kappa shape index (κ1) is 18.1. The van der Waals surface area contributed by atoms with Gasteiger partial charge in [-0.3, -0.25) is 9.59 Å². The highest BCUT2D eigenvalue weighted by atomic mass is 35.5. The minimum Gasteiger partial charge on any atom is -0.453 e. The van der Waals surface area contributed by atoms with Gasteiger partial charge in [0, 0.05) is 28.3 Å². The molecule has 0 spiro atoms. The number of ketones is 1. The van der Waals surface area contributed by atoms with E-state index in [-0.39, 0.29) is 23.2 Å². The van der Waals surface area contributed by atoms with Gasteiger partial charge in [-0.1, -0.05) is 29.8 Å². The first-order chi connectivity index (χ1) is 12.5. The molecule has 3 aromatic rings. The Hall–Kier alpha value is -2.70. The summed E-state index contributed by atoms with van der Waals surface area (Å²) in [6, 6.07) is 13.7. The summed E-state index contributed by atoms with van der Waals surface area (Å²) >= 11 is 7.46. The zero-order valence-corrected chi connectivity index (χ0v) is 15.3. The van der Waals surface area contributed by atoms with Gasteiger partial charge >= 0.3 is 5.97 Å². The number of amides is 1. The summed E-state index contributed by atoms with van der Waals surface area (Å²) in [5.41, 5.74) is 0.970. The van der Waals surface area contributed by atoms with E-state index in [4.69, 9.17) is 16.3 Å². The van der Waals surface area contributed by atoms with Gasteiger partial charge in [-0.05, 0) is 30.3 Å². The predicted octanol–water partition coefficient (Wildman–Crippen LogP) is 4.55. The number of anilines is 1. The third-order valence-electron chi connectivity index (χ3n) is 3.58. The van der Waals surface area contributed by atoms with Gasteiger partial charge in [0.15, 0.2) is 12.4 Å². The molecule has 0 bridgehead atoms. The van der Waals surface area contributed by atoms with Gasteiger partial charge in [0.25, 0.3) is 0 Å². The highest BCUT2D eigenvalue weighted by Crippen LogP contribution is 2.35. The van der Waals surface area contributed by atoms with Crippen LogP contribution in [0.2, 0.25) is 5.02 Å². The number of nitrogens with one attached hydrogen (secondary N) is 1. The molecule has 132 valence electrons. The van der Waals surface area contributed by atoms with Crippen molar-refractivity contribution < 1.29 is 19.1 Å². The lowest BCUT2D eigenvalue weighted by molar-refractivity contribution is -0.114. The minimum absolute atomic E-state index is 0.196. The van der Waals surface area contributed by atoms with Gasteiger partial charge < -0.3 is 10.1 Å². The molecule has 2 aromatic carbocycles. The maximum Gasteiger partial charge on any atom is 0.350 e. The van der Waals surface area contributed by atoms with E-state index in [9.17, 15) is 14.4 Å². The molecule has 1 heterocycles. The van der Waals surface area contributed by atoms with E-state index in [1.54, 1.807) is 24.3 Å². The Balaban J connectivity index is 1.66. The molecule has 0 fully saturated rings. The van der Waals surface area contributed by atoms with Gasteiger partial charge in [-0.2, -0.15) is 0 Å². The second-order valence-electron chi connectivity index (χ2n) is 5.50. The zero-order chi connectivity index (χ0) is 18.7. The largest absolute Gasteiger partial charge is 0.453 e. The summed E-state index contributed by atoms with van der Waals surface area (Å²) in [5, 5.41) is 3.73. The molecule has 0 saturated carbocycles. The van der Waals surface area contributed by atoms with E-state index >= 15 is 0 Å². The van der Waals surface area contributed by atoms with Crippen LogP contribution in [0.15, 0.2) is 48.5 Å². The molecule has 0 aliphatic carbocycles. The highest BCUT2D eigenvalue weighted by molar-refractivity contribution is 7.21. The summed E-state index contributed by atoms with van der Waals surface area (Å²) in [6.07, 6.45) is 0. The number of thiophene rings is 1. The monoisotopic (exact) mass is 387 g/mol. The molecular formula is C19H14ClNO4S. The summed E-state index contributed by atoms with van der Waals surface area (Å²) in [6.45, 7) is 1.01. The lowest BCUT2D eigenvalue weighted by atomic mass is 10.1. The number of halogens is 1. The number of esters is 1. The van der Waals surface area contributed by atoms with Gasteiger partial charge in [-0.25, -0.2) is 4.79 Å². The molecule has 0 radical (unpaired) electrons. The molecule has 3 rings (SSSR count). The quantitative estimate of drug-likeness (QED) is 0.514. The van der Waals surface area contributed by atoms with E-state index in [1.807, 2.05) is 24.3 Å². The second kappa shape index (κ2) is 7.68. The lowest BCUT2D eigenvalue weighted by Gasteiger charge is -2.05. The molecule has 0 atom stereocenters. The van der Waals surface area contributed by atoms with E-state index in [0.717, 1.165) is 10.1 Å². The number of fused-ring (bicyclic) bond motifs is 1. The van der Waals surface area contributed by atoms with Crippen LogP contribution in [0.25, 0.3) is 10.1 Å². The number of Topliss-reactive ketones (excluding diaryl/α,β-unsaturated/α-hetero) is 1. The van der Waals surface area contributed by atoms with Crippen LogP contribution in [0.1, 0.15) is 27.0 Å². The third kappa shape index (κ3) is 3.92. The Morgan fingerprint density at radius 3 is 2.42 bits per heavy atom. The van der Waals surface area contributed by atoms with Crippen LogP contribution in [0, 0.1) is 0 Å². The summed E-state index contributed by atoms with van der Waals surface area (Å²) < 4.78 is 6.00. The summed E-state index contributed by atoms with van der Waals surface area (Å²) in [4.78, 5) is 35.7. The summed E-state index contributed by atoms with van der Waals surface area (Å²) in [5.74, 6) is -1.16. The third-order valence-corrected chi connectivity index (χ3v) is 5.24. The maximum absolute atomic E-state index is 12.3. The SMILES string of the molecule is CC(=O)Nc1ccc(C(=O)COC(=O)c2sc3ccccc3c2Cl)cc1. The van der Waals surface area contributed by atoms with Crippen molar-refractivity contribution in [1.29, 1.82) is 0 Å². The molecule has 0 aliphatic heterocycles. The van der Waals surface area contributed by atoms with Crippen LogP contribution in [0.4, 0.5) is 5.69 Å². The van der Waals surface area contributed by atoms with Gasteiger partial charge in [0.2, 0.25) is 5.91 Å². The fourth-order valence-electron chi connectivity index (χ4n) is 2.37. The number of carbonyl (C=O) groups is 3. The number of hydrogen-bond acceptors (Lipinski definition) is 5. The van der Waals surface area contributed by atoms with E-state index < -0.39 is 5.97 Å². The molecule has 7 heteroatoms. The van der Waals surface area contributed by atoms with Crippen molar-refractivity contribution >= 4 is 56.4 Å². The van der Waals surface area contributed by atoms with Crippen molar-refractivity contribution in [3.05, 3.63) is 64.0 Å². The molecule has 0 unspecified atom stereocenters. The molecule has 26 heavy (non-hydrogen) atoms. The summed E-state index contributed by atoms with van der Waals surface area (Å²) in [7, 11) is 0. The lowest BCUT2D eigenvalue weighted by Crippen LogP contribution is -2.14. The van der Waals surface area contributed by atoms with Crippen LogP contribution in [0.5, 0.6) is 0 Å². The van der Waals surface area contributed by atoms with Gasteiger partial charge in [0.05, 0.1) is 5.02 Å². The van der Waals surface area contributed by atoms with Crippen molar-refractivity contribution in [3.63, 3.8) is 0 Å². The zero-order valence-electron chi connectivity index (χ0n) is 13.7. The Morgan fingerprint density at radius 1 is 1.08 bits per heavy atom. The first-order valence-electron chi connectivity index (χ1n) is 7.70. The topological polar surface area (TPSA) is 72.5 Å². The normalized spacial score (nSPS) is 10.5. The number of rotatable bonds is 5. The fourth-order valence-corrected chi connectivity index (χ4v) is 3.77. The predicted molar refractivity (Wildman–Crippen MR) is 102 cm³/mol. The van der Waals surface area contributed by atoms with Crippen molar-refractivity contribution in [2.45, 2.75) is 6.92 Å². The average molecular weight is 388 g/mol. The molecule has 1 N–H and O–H groups in total. The molecular weight excluding hydrogens is 374 g/mol. The smallest absolute Gasteiger partial charge is 0.350 e. The second-order valence-corrected chi connectivity index (χ2v) is 6.93. The van der Waals surface area contributed by atoms with Crippen molar-refractivity contribution in [1.82, 2.24) is 0 Å². The number of ether oxygens (including phenoxy) is 1. The molecule has 1 aromatic heterocycles. The van der Waals surface area contributed by atoms with Crippen LogP contribution >= 0.6 is 22.9 Å². The Bertz CT molecular complexity index is 994. The Labute approximate surface area is 158 Å². The van der Waals surface area contributed by atoms with E-state index in [0.29, 0.717) is 16.3 Å². The molecule has 0 aliphatic rings. The van der Waals surface area contributed by atoms with Crippen molar-refractivity contribution in [2.75, 3.05) is 11.9 Å². The fraction of sp³-hybridized carbons (Fsp3) is 0.105. The van der Waals surface area contributed by atoms with E-state index in [2.05, 4.69) is 5.32 Å². The Kier molecular flexibility index (Phi) is 5.35. The van der Waals surface area contributed by atoms with Crippen molar-refractivity contribution in [2.24, 2.45) is 0 Å². The van der Waals surface area contributed by atoms with Crippen LogP contribution in [0.3, 0.4) is 0 Å². The molecule has 1 amide bonds. The Morgan fingerprint density at radius 2 is 1.77 bits per heavy atom. The molecule has 0 saturated heterocycles. The minimum atomic E-state index is -0.626. The van der Waals surface area contributed by atoms with E-state index in [1.165, 1.54) is 18.3 Å². The highest BCUT2D eigenvalue weighted by Gasteiger charge is 2.19. The average Bonchev–Trinajstić information content (AvgIpc) is 2.97.